The summed E-state index contributed by atoms with van der Waals surface area (Å²) < 4.78 is 42.3. The van der Waals surface area contributed by atoms with E-state index in [-0.39, 0.29) is 13.0 Å². The van der Waals surface area contributed by atoms with Crippen LogP contribution in [0.25, 0.3) is 0 Å². The minimum absolute atomic E-state index is 0.107. The first-order valence-corrected chi connectivity index (χ1v) is 5.22. The molecule has 0 amide bonds. The van der Waals surface area contributed by atoms with Gasteiger partial charge in [-0.3, -0.25) is 0 Å². The molecule has 0 heterocycles. The van der Waals surface area contributed by atoms with Crippen LogP contribution in [0.3, 0.4) is 0 Å². The van der Waals surface area contributed by atoms with E-state index in [4.69, 9.17) is 10.5 Å². The first-order chi connectivity index (χ1) is 6.79. The van der Waals surface area contributed by atoms with E-state index in [1.807, 2.05) is 13.8 Å². The predicted octanol–water partition coefficient (Wildman–Crippen LogP) is 2.72. The van der Waals surface area contributed by atoms with E-state index in [0.717, 1.165) is 0 Å². The van der Waals surface area contributed by atoms with Gasteiger partial charge in [-0.1, -0.05) is 20.8 Å². The first kappa shape index (κ1) is 14.7. The van der Waals surface area contributed by atoms with E-state index in [1.54, 1.807) is 6.92 Å². The molecule has 0 aliphatic carbocycles. The summed E-state index contributed by atoms with van der Waals surface area (Å²) in [5.74, 6) is 0.330. The van der Waals surface area contributed by atoms with Gasteiger partial charge in [-0.05, 0) is 18.8 Å². The maximum Gasteiger partial charge on any atom is 0.416 e. The van der Waals surface area contributed by atoms with E-state index in [0.29, 0.717) is 12.3 Å². The Hall–Kier alpha value is -0.290. The number of hydrogen-bond donors (Lipinski definition) is 1. The summed E-state index contributed by atoms with van der Waals surface area (Å²) >= 11 is 0. The second-order valence-corrected chi connectivity index (χ2v) is 4.09. The fraction of sp³-hybridized carbons (Fsp3) is 1.00. The molecule has 92 valence electrons. The largest absolute Gasteiger partial charge is 0.416 e. The van der Waals surface area contributed by atoms with Crippen molar-refractivity contribution in [1.82, 2.24) is 0 Å². The highest BCUT2D eigenvalue weighted by atomic mass is 19.4. The van der Waals surface area contributed by atoms with Crippen molar-refractivity contribution >= 4 is 0 Å². The summed E-state index contributed by atoms with van der Waals surface area (Å²) in [6, 6.07) is -0.975. The average molecular weight is 227 g/mol. The molecular formula is C10H20F3NO. The number of nitrogens with two attached hydrogens (primary N) is 1. The van der Waals surface area contributed by atoms with Crippen molar-refractivity contribution in [1.29, 1.82) is 0 Å². The van der Waals surface area contributed by atoms with Gasteiger partial charge in [-0.15, -0.1) is 0 Å². The molecule has 2 atom stereocenters. The standard InChI is InChI=1S/C10H20F3NO/c1-4-8(14)9(10(11,12)13)15-6-5-7(2)3/h7-9H,4-6,14H2,1-3H3. The van der Waals surface area contributed by atoms with Crippen LogP contribution in [-0.4, -0.2) is 24.9 Å². The Balaban J connectivity index is 4.15. The van der Waals surface area contributed by atoms with Gasteiger partial charge in [-0.2, -0.15) is 13.2 Å². The van der Waals surface area contributed by atoms with Gasteiger partial charge >= 0.3 is 6.18 Å². The minimum Gasteiger partial charge on any atom is -0.367 e. The molecule has 0 aromatic rings. The monoisotopic (exact) mass is 227 g/mol. The number of halogens is 3. The van der Waals surface area contributed by atoms with Crippen LogP contribution < -0.4 is 5.73 Å². The molecule has 0 radical (unpaired) electrons. The van der Waals surface area contributed by atoms with Crippen LogP contribution in [0.4, 0.5) is 13.2 Å². The van der Waals surface area contributed by atoms with Crippen molar-refractivity contribution in [3.63, 3.8) is 0 Å². The molecule has 5 heteroatoms. The summed E-state index contributed by atoms with van der Waals surface area (Å²) in [7, 11) is 0. The Kier molecular flexibility index (Phi) is 6.20. The summed E-state index contributed by atoms with van der Waals surface area (Å²) in [5.41, 5.74) is 5.38. The smallest absolute Gasteiger partial charge is 0.367 e. The van der Waals surface area contributed by atoms with Crippen LogP contribution in [0.1, 0.15) is 33.6 Å². The molecule has 2 unspecified atom stereocenters. The van der Waals surface area contributed by atoms with Crippen molar-refractivity contribution < 1.29 is 17.9 Å². The average Bonchev–Trinajstić information content (AvgIpc) is 2.09. The molecule has 0 aliphatic rings. The normalized spacial score (nSPS) is 16.8. The maximum atomic E-state index is 12.5. The maximum absolute atomic E-state index is 12.5. The molecule has 0 aromatic heterocycles. The molecule has 0 saturated carbocycles. The quantitative estimate of drug-likeness (QED) is 0.757. The summed E-state index contributed by atoms with van der Waals surface area (Å²) in [4.78, 5) is 0. The fourth-order valence-electron chi connectivity index (χ4n) is 1.11. The van der Waals surface area contributed by atoms with Gasteiger partial charge in [0, 0.05) is 12.6 Å². The summed E-state index contributed by atoms with van der Waals surface area (Å²) in [6.45, 7) is 5.60. The van der Waals surface area contributed by atoms with Gasteiger partial charge in [0.25, 0.3) is 0 Å². The molecular weight excluding hydrogens is 207 g/mol. The Morgan fingerprint density at radius 2 is 1.80 bits per heavy atom. The third kappa shape index (κ3) is 5.99. The first-order valence-electron chi connectivity index (χ1n) is 5.22. The predicted molar refractivity (Wildman–Crippen MR) is 53.5 cm³/mol. The second-order valence-electron chi connectivity index (χ2n) is 4.09. The van der Waals surface area contributed by atoms with Crippen LogP contribution in [0.2, 0.25) is 0 Å². The van der Waals surface area contributed by atoms with E-state index in [1.165, 1.54) is 0 Å². The lowest BCUT2D eigenvalue weighted by molar-refractivity contribution is -0.227. The molecule has 0 rings (SSSR count). The zero-order valence-corrected chi connectivity index (χ0v) is 9.47. The number of alkyl halides is 3. The van der Waals surface area contributed by atoms with Crippen molar-refractivity contribution in [2.45, 2.75) is 51.9 Å². The number of rotatable bonds is 6. The van der Waals surface area contributed by atoms with Crippen molar-refractivity contribution in [2.24, 2.45) is 11.7 Å². The second kappa shape index (κ2) is 6.33. The molecule has 2 nitrogen and oxygen atoms in total. The van der Waals surface area contributed by atoms with Crippen LogP contribution >= 0.6 is 0 Å². The fourth-order valence-corrected chi connectivity index (χ4v) is 1.11. The van der Waals surface area contributed by atoms with Gasteiger partial charge in [0.1, 0.15) is 0 Å². The molecule has 0 saturated heterocycles. The Morgan fingerprint density at radius 3 is 2.13 bits per heavy atom. The molecule has 0 aliphatic heterocycles. The van der Waals surface area contributed by atoms with E-state index in [9.17, 15) is 13.2 Å². The zero-order valence-electron chi connectivity index (χ0n) is 9.47. The molecule has 0 fully saturated rings. The van der Waals surface area contributed by atoms with Gasteiger partial charge in [0.05, 0.1) is 0 Å². The SMILES string of the molecule is CCC(N)C(OCCC(C)C)C(F)(F)F. The van der Waals surface area contributed by atoms with E-state index < -0.39 is 18.3 Å². The number of hydrogen-bond acceptors (Lipinski definition) is 2. The topological polar surface area (TPSA) is 35.2 Å². The van der Waals surface area contributed by atoms with Crippen molar-refractivity contribution in [3.05, 3.63) is 0 Å². The third-order valence-corrected chi connectivity index (χ3v) is 2.18. The lowest BCUT2D eigenvalue weighted by Crippen LogP contribution is -2.46. The third-order valence-electron chi connectivity index (χ3n) is 2.18. The highest BCUT2D eigenvalue weighted by molar-refractivity contribution is 4.79. The van der Waals surface area contributed by atoms with E-state index in [2.05, 4.69) is 0 Å². The number of ether oxygens (including phenoxy) is 1. The van der Waals surface area contributed by atoms with E-state index >= 15 is 0 Å². The van der Waals surface area contributed by atoms with Gasteiger partial charge in [0.2, 0.25) is 0 Å². The summed E-state index contributed by atoms with van der Waals surface area (Å²) in [6.07, 6.45) is -5.33. The van der Waals surface area contributed by atoms with Crippen LogP contribution in [0, 0.1) is 5.92 Å². The van der Waals surface area contributed by atoms with Gasteiger partial charge in [-0.25, -0.2) is 0 Å². The molecule has 0 spiro atoms. The highest BCUT2D eigenvalue weighted by Crippen LogP contribution is 2.26. The minimum atomic E-state index is -4.37. The zero-order chi connectivity index (χ0) is 12.1. The molecule has 0 bridgehead atoms. The van der Waals surface area contributed by atoms with Crippen LogP contribution in [0.5, 0.6) is 0 Å². The van der Waals surface area contributed by atoms with Crippen LogP contribution in [0.15, 0.2) is 0 Å². The molecule has 2 N–H and O–H groups in total. The lowest BCUT2D eigenvalue weighted by atomic mass is 10.1. The molecule has 0 aromatic carbocycles. The highest BCUT2D eigenvalue weighted by Gasteiger charge is 2.43. The van der Waals surface area contributed by atoms with Gasteiger partial charge in [0.15, 0.2) is 6.10 Å². The Labute approximate surface area is 89.0 Å². The van der Waals surface area contributed by atoms with Gasteiger partial charge < -0.3 is 10.5 Å². The lowest BCUT2D eigenvalue weighted by Gasteiger charge is -2.25. The Morgan fingerprint density at radius 1 is 1.27 bits per heavy atom. The van der Waals surface area contributed by atoms with Crippen molar-refractivity contribution in [2.75, 3.05) is 6.61 Å². The molecule has 15 heavy (non-hydrogen) atoms. The summed E-state index contributed by atoms with van der Waals surface area (Å²) in [5, 5.41) is 0. The van der Waals surface area contributed by atoms with Crippen molar-refractivity contribution in [3.8, 4) is 0 Å². The van der Waals surface area contributed by atoms with Crippen LogP contribution in [-0.2, 0) is 4.74 Å². The Bertz CT molecular complexity index is 171.